The van der Waals surface area contributed by atoms with Crippen molar-refractivity contribution in [1.82, 2.24) is 5.43 Å². The summed E-state index contributed by atoms with van der Waals surface area (Å²) in [6, 6.07) is 14.2. The van der Waals surface area contributed by atoms with Gasteiger partial charge in [-0.3, -0.25) is 4.79 Å². The Hall–Kier alpha value is -2.82. The molecule has 0 radical (unpaired) electrons. The second-order valence-corrected chi connectivity index (χ2v) is 5.07. The molecule has 0 unspecified atom stereocenters. The highest BCUT2D eigenvalue weighted by Gasteiger charge is 2.03. The molecule has 2 aromatic carbocycles. The van der Waals surface area contributed by atoms with Gasteiger partial charge in [-0.05, 0) is 60.9 Å². The molecular formula is C18H20N2O3. The molecule has 1 amide bonds. The van der Waals surface area contributed by atoms with Crippen molar-refractivity contribution in [3.63, 3.8) is 0 Å². The van der Waals surface area contributed by atoms with E-state index in [4.69, 9.17) is 4.74 Å². The number of nitrogens with zero attached hydrogens (tertiary/aromatic N) is 1. The number of hydrazone groups is 1. The van der Waals surface area contributed by atoms with Crippen molar-refractivity contribution in [2.24, 2.45) is 5.10 Å². The Bertz CT molecular complexity index is 676. The maximum atomic E-state index is 11.7. The van der Waals surface area contributed by atoms with Gasteiger partial charge >= 0.3 is 0 Å². The summed E-state index contributed by atoms with van der Waals surface area (Å²) >= 11 is 0. The molecule has 0 atom stereocenters. The lowest BCUT2D eigenvalue weighted by molar-refractivity contribution is -0.123. The summed E-state index contributed by atoms with van der Waals surface area (Å²) < 4.78 is 5.41. The van der Waals surface area contributed by atoms with Crippen molar-refractivity contribution in [2.75, 3.05) is 6.61 Å². The first-order valence-corrected chi connectivity index (χ1v) is 7.42. The lowest BCUT2D eigenvalue weighted by Gasteiger charge is -2.06. The average molecular weight is 312 g/mol. The number of carbonyl (C=O) groups excluding carboxylic acids is 1. The molecule has 0 aliphatic carbocycles. The van der Waals surface area contributed by atoms with Crippen molar-refractivity contribution in [3.05, 3.63) is 59.7 Å². The van der Waals surface area contributed by atoms with Crippen LogP contribution in [-0.4, -0.2) is 23.3 Å². The normalized spacial score (nSPS) is 11.1. The van der Waals surface area contributed by atoms with E-state index in [1.807, 2.05) is 24.3 Å². The quantitative estimate of drug-likeness (QED) is 0.636. The summed E-state index contributed by atoms with van der Waals surface area (Å²) in [6.45, 7) is 3.76. The van der Waals surface area contributed by atoms with Crippen LogP contribution in [0.25, 0.3) is 0 Å². The molecule has 0 aromatic heterocycles. The first-order valence-electron chi connectivity index (χ1n) is 7.42. The molecule has 2 N–H and O–H groups in total. The Labute approximate surface area is 135 Å². The summed E-state index contributed by atoms with van der Waals surface area (Å²) in [6.07, 6.45) is 0.964. The highest BCUT2D eigenvalue weighted by Crippen LogP contribution is 2.12. The fourth-order valence-electron chi connectivity index (χ4n) is 1.92. The van der Waals surface area contributed by atoms with Gasteiger partial charge < -0.3 is 9.84 Å². The molecule has 120 valence electrons. The lowest BCUT2D eigenvalue weighted by atomic mass is 10.1. The maximum absolute atomic E-state index is 11.7. The standard InChI is InChI=1S/C18H20N2O3/c1-3-14-4-10-17(11-5-14)23-12-18(22)20-19-13(2)15-6-8-16(21)9-7-15/h4-11,21H,3,12H2,1-2H3,(H,20,22). The average Bonchev–Trinajstić information content (AvgIpc) is 2.59. The van der Waals surface area contributed by atoms with Crippen LogP contribution in [-0.2, 0) is 11.2 Å². The van der Waals surface area contributed by atoms with Crippen LogP contribution >= 0.6 is 0 Å². The highest BCUT2D eigenvalue weighted by atomic mass is 16.5. The van der Waals surface area contributed by atoms with Gasteiger partial charge in [-0.1, -0.05) is 19.1 Å². The van der Waals surface area contributed by atoms with E-state index in [0.717, 1.165) is 12.0 Å². The molecule has 2 rings (SSSR count). The van der Waals surface area contributed by atoms with Crippen LogP contribution in [0.15, 0.2) is 53.6 Å². The zero-order valence-corrected chi connectivity index (χ0v) is 13.2. The van der Waals surface area contributed by atoms with Gasteiger partial charge in [-0.2, -0.15) is 5.10 Å². The highest BCUT2D eigenvalue weighted by molar-refractivity contribution is 5.99. The largest absolute Gasteiger partial charge is 0.508 e. The van der Waals surface area contributed by atoms with Gasteiger partial charge in [0.25, 0.3) is 5.91 Å². The Morgan fingerprint density at radius 1 is 1.13 bits per heavy atom. The number of aromatic hydroxyl groups is 1. The molecule has 0 saturated heterocycles. The second-order valence-electron chi connectivity index (χ2n) is 5.07. The summed E-state index contributed by atoms with van der Waals surface area (Å²) in [5.41, 5.74) is 5.13. The van der Waals surface area contributed by atoms with E-state index in [-0.39, 0.29) is 18.3 Å². The maximum Gasteiger partial charge on any atom is 0.277 e. The van der Waals surface area contributed by atoms with Crippen LogP contribution in [0.4, 0.5) is 0 Å². The number of phenolic OH excluding ortho intramolecular Hbond substituents is 1. The Morgan fingerprint density at radius 2 is 1.78 bits per heavy atom. The van der Waals surface area contributed by atoms with E-state index in [0.29, 0.717) is 11.5 Å². The van der Waals surface area contributed by atoms with Gasteiger partial charge in [0.1, 0.15) is 11.5 Å². The first kappa shape index (κ1) is 16.5. The molecular weight excluding hydrogens is 292 g/mol. The van der Waals surface area contributed by atoms with Crippen molar-refractivity contribution in [2.45, 2.75) is 20.3 Å². The van der Waals surface area contributed by atoms with Gasteiger partial charge in [-0.15, -0.1) is 0 Å². The minimum atomic E-state index is -0.331. The zero-order chi connectivity index (χ0) is 16.7. The van der Waals surface area contributed by atoms with E-state index in [1.54, 1.807) is 31.2 Å². The summed E-state index contributed by atoms with van der Waals surface area (Å²) in [4.78, 5) is 11.7. The number of benzene rings is 2. The number of carbonyl (C=O) groups is 1. The molecule has 5 nitrogen and oxygen atoms in total. The number of rotatable bonds is 6. The van der Waals surface area contributed by atoms with Crippen molar-refractivity contribution in [3.8, 4) is 11.5 Å². The molecule has 0 spiro atoms. The smallest absolute Gasteiger partial charge is 0.277 e. The summed E-state index contributed by atoms with van der Waals surface area (Å²) in [5, 5.41) is 13.3. The molecule has 0 fully saturated rings. The molecule has 23 heavy (non-hydrogen) atoms. The van der Waals surface area contributed by atoms with E-state index >= 15 is 0 Å². The number of phenols is 1. The van der Waals surface area contributed by atoms with E-state index < -0.39 is 0 Å². The monoisotopic (exact) mass is 312 g/mol. The number of amides is 1. The predicted molar refractivity (Wildman–Crippen MR) is 89.8 cm³/mol. The van der Waals surface area contributed by atoms with Crippen LogP contribution in [0.2, 0.25) is 0 Å². The first-order chi connectivity index (χ1) is 11.1. The Kier molecular flexibility index (Phi) is 5.74. The van der Waals surface area contributed by atoms with Crippen molar-refractivity contribution >= 4 is 11.6 Å². The van der Waals surface area contributed by atoms with Crippen molar-refractivity contribution in [1.29, 1.82) is 0 Å². The molecule has 0 aliphatic heterocycles. The molecule has 0 aliphatic rings. The van der Waals surface area contributed by atoms with Gasteiger partial charge in [0, 0.05) is 0 Å². The lowest BCUT2D eigenvalue weighted by Crippen LogP contribution is -2.25. The number of ether oxygens (including phenoxy) is 1. The van der Waals surface area contributed by atoms with Crippen LogP contribution < -0.4 is 10.2 Å². The summed E-state index contributed by atoms with van der Waals surface area (Å²) in [5.74, 6) is 0.507. The molecule has 0 heterocycles. The van der Waals surface area contributed by atoms with Crippen LogP contribution in [0.3, 0.4) is 0 Å². The van der Waals surface area contributed by atoms with Crippen LogP contribution in [0.5, 0.6) is 11.5 Å². The third-order valence-electron chi connectivity index (χ3n) is 3.33. The predicted octanol–water partition coefficient (Wildman–Crippen LogP) is 2.87. The number of hydrogen-bond donors (Lipinski definition) is 2. The van der Waals surface area contributed by atoms with Gasteiger partial charge in [0.2, 0.25) is 0 Å². The number of nitrogens with one attached hydrogen (secondary N) is 1. The van der Waals surface area contributed by atoms with Gasteiger partial charge in [0.15, 0.2) is 6.61 Å². The third kappa shape index (κ3) is 5.14. The van der Waals surface area contributed by atoms with Crippen LogP contribution in [0, 0.1) is 0 Å². The number of aryl methyl sites for hydroxylation is 1. The minimum absolute atomic E-state index is 0.0994. The minimum Gasteiger partial charge on any atom is -0.508 e. The molecule has 5 heteroatoms. The number of hydrogen-bond acceptors (Lipinski definition) is 4. The van der Waals surface area contributed by atoms with Crippen molar-refractivity contribution < 1.29 is 14.6 Å². The van der Waals surface area contributed by atoms with Crippen LogP contribution in [0.1, 0.15) is 25.0 Å². The summed E-state index contributed by atoms with van der Waals surface area (Å²) in [7, 11) is 0. The van der Waals surface area contributed by atoms with E-state index in [9.17, 15) is 9.90 Å². The zero-order valence-electron chi connectivity index (χ0n) is 13.2. The SMILES string of the molecule is CCc1ccc(OCC(=O)NN=C(C)c2ccc(O)cc2)cc1. The topological polar surface area (TPSA) is 70.9 Å². The van der Waals surface area contributed by atoms with E-state index in [1.165, 1.54) is 5.56 Å². The molecule has 2 aromatic rings. The van der Waals surface area contributed by atoms with Gasteiger partial charge in [0.05, 0.1) is 5.71 Å². The third-order valence-corrected chi connectivity index (χ3v) is 3.33. The molecule has 0 bridgehead atoms. The van der Waals surface area contributed by atoms with Gasteiger partial charge in [-0.25, -0.2) is 5.43 Å². The van der Waals surface area contributed by atoms with E-state index in [2.05, 4.69) is 17.5 Å². The Morgan fingerprint density at radius 3 is 2.39 bits per heavy atom. The molecule has 0 saturated carbocycles. The Balaban J connectivity index is 1.84. The second kappa shape index (κ2) is 7.98. The fourth-order valence-corrected chi connectivity index (χ4v) is 1.92. The fraction of sp³-hybridized carbons (Fsp3) is 0.222.